The van der Waals surface area contributed by atoms with Crippen molar-refractivity contribution < 1.29 is 23.8 Å². The molecular weight excluding hydrogens is 789 g/mol. The molecule has 0 bridgehead atoms. The number of hydrogen-bond acceptors (Lipinski definition) is 5. The van der Waals surface area contributed by atoms with Gasteiger partial charge in [-0.25, -0.2) is 0 Å². The minimum Gasteiger partial charge on any atom is -0.462 e. The van der Waals surface area contributed by atoms with E-state index in [1.165, 1.54) is 128 Å². The van der Waals surface area contributed by atoms with E-state index in [4.69, 9.17) is 14.2 Å². The van der Waals surface area contributed by atoms with Gasteiger partial charge in [-0.2, -0.15) is 0 Å². The third-order valence-electron chi connectivity index (χ3n) is 11.4. The van der Waals surface area contributed by atoms with Crippen molar-refractivity contribution in [2.24, 2.45) is 0 Å². The van der Waals surface area contributed by atoms with Crippen LogP contribution >= 0.6 is 0 Å². The van der Waals surface area contributed by atoms with Gasteiger partial charge in [0.15, 0.2) is 6.10 Å². The molecule has 0 heterocycles. The number of hydrogen-bond donors (Lipinski definition) is 0. The molecule has 0 aromatic carbocycles. The van der Waals surface area contributed by atoms with Crippen LogP contribution in [0.15, 0.2) is 85.1 Å². The monoisotopic (exact) mass is 891 g/mol. The van der Waals surface area contributed by atoms with Gasteiger partial charge in [-0.3, -0.25) is 9.59 Å². The quantitative estimate of drug-likeness (QED) is 0.0346. The summed E-state index contributed by atoms with van der Waals surface area (Å²) in [6, 6.07) is 0. The Morgan fingerprint density at radius 1 is 0.359 bits per heavy atom. The fourth-order valence-corrected chi connectivity index (χ4v) is 7.40. The van der Waals surface area contributed by atoms with Crippen LogP contribution in [-0.4, -0.2) is 37.9 Å². The highest BCUT2D eigenvalue weighted by Gasteiger charge is 2.17. The maximum Gasteiger partial charge on any atom is 0.306 e. The molecule has 0 saturated heterocycles. The molecule has 0 N–H and O–H groups in total. The first-order valence-corrected chi connectivity index (χ1v) is 27.1. The van der Waals surface area contributed by atoms with E-state index in [-0.39, 0.29) is 25.2 Å². The second kappa shape index (κ2) is 54.4. The van der Waals surface area contributed by atoms with Crippen LogP contribution in [0.2, 0.25) is 0 Å². The van der Waals surface area contributed by atoms with Crippen molar-refractivity contribution in [2.75, 3.05) is 19.8 Å². The largest absolute Gasteiger partial charge is 0.462 e. The average Bonchev–Trinajstić information content (AvgIpc) is 3.30. The lowest BCUT2D eigenvalue weighted by molar-refractivity contribution is -0.163. The summed E-state index contributed by atoms with van der Waals surface area (Å²) in [6.45, 7) is 7.63. The molecule has 368 valence electrons. The van der Waals surface area contributed by atoms with Gasteiger partial charge in [0.2, 0.25) is 0 Å². The number of allylic oxidation sites excluding steroid dienone is 14. The molecule has 0 spiro atoms. The fraction of sp³-hybridized carbons (Fsp3) is 0.729. The Hall–Kier alpha value is -2.92. The van der Waals surface area contributed by atoms with Crippen LogP contribution in [0.4, 0.5) is 0 Å². The lowest BCUT2D eigenvalue weighted by atomic mass is 10.0. The molecule has 0 aliphatic carbocycles. The Balaban J connectivity index is 4.38. The molecule has 5 heteroatoms. The molecule has 0 unspecified atom stereocenters. The van der Waals surface area contributed by atoms with Crippen molar-refractivity contribution in [3.8, 4) is 0 Å². The number of carbonyl (C=O) groups excluding carboxylic acids is 2. The Kier molecular flexibility index (Phi) is 51.9. The highest BCUT2D eigenvalue weighted by molar-refractivity contribution is 5.70. The van der Waals surface area contributed by atoms with Crippen molar-refractivity contribution >= 4 is 11.9 Å². The summed E-state index contributed by atoms with van der Waals surface area (Å²) in [5.74, 6) is -0.477. The van der Waals surface area contributed by atoms with Gasteiger partial charge in [0.25, 0.3) is 0 Å². The molecule has 0 aromatic heterocycles. The highest BCUT2D eigenvalue weighted by Crippen LogP contribution is 2.15. The zero-order valence-corrected chi connectivity index (χ0v) is 42.3. The number of esters is 2. The van der Waals surface area contributed by atoms with Gasteiger partial charge in [-0.05, 0) is 89.9 Å². The van der Waals surface area contributed by atoms with Crippen molar-refractivity contribution in [3.05, 3.63) is 85.1 Å². The SMILES string of the molecule is CC/C=C\C/C=C\C/C=C\CCCCCCCC(=O)O[C@H](COCCCCCCCCCCCCCCCCCC)COC(=O)CCC/C=C\C/C=C\C/C=C\C/C=C\CCCCC. The van der Waals surface area contributed by atoms with Gasteiger partial charge in [-0.15, -0.1) is 0 Å². The second-order valence-corrected chi connectivity index (χ2v) is 17.8. The number of carbonyl (C=O) groups is 2. The van der Waals surface area contributed by atoms with E-state index < -0.39 is 6.10 Å². The Morgan fingerprint density at radius 2 is 0.719 bits per heavy atom. The summed E-state index contributed by atoms with van der Waals surface area (Å²) in [4.78, 5) is 25.4. The standard InChI is InChI=1S/C59H102O5/c1-4-7-10-13-16-19-22-25-28-30-32-34-37-40-43-46-49-52-58(60)63-56-57(55-62-54-51-48-45-42-39-36-33-29-26-23-20-17-14-11-8-5-2)64-59(61)53-50-47-44-41-38-35-31-27-24-21-18-15-12-9-6-3/h9,12,16,18-19,21,25,27-28,31-32,34,40,43,57H,4-8,10-11,13-15,17,20,22-24,26,29-30,33,35-39,41-42,44-56H2,1-3H3/b12-9-,19-16-,21-18-,28-25-,31-27-,34-32-,43-40-/t57-/m1/s1. The minimum absolute atomic E-state index is 0.0487. The van der Waals surface area contributed by atoms with Gasteiger partial charge in [0.05, 0.1) is 6.61 Å². The van der Waals surface area contributed by atoms with Crippen LogP contribution in [0.3, 0.4) is 0 Å². The van der Waals surface area contributed by atoms with Crippen LogP contribution in [-0.2, 0) is 23.8 Å². The first kappa shape index (κ1) is 61.1. The van der Waals surface area contributed by atoms with Gasteiger partial charge in [-0.1, -0.05) is 234 Å². The number of ether oxygens (including phenoxy) is 3. The molecule has 5 nitrogen and oxygen atoms in total. The van der Waals surface area contributed by atoms with E-state index in [1.807, 2.05) is 0 Å². The van der Waals surface area contributed by atoms with Gasteiger partial charge in [0.1, 0.15) is 6.61 Å². The van der Waals surface area contributed by atoms with Crippen LogP contribution < -0.4 is 0 Å². The van der Waals surface area contributed by atoms with Crippen molar-refractivity contribution in [1.29, 1.82) is 0 Å². The molecular formula is C59H102O5. The van der Waals surface area contributed by atoms with E-state index in [9.17, 15) is 9.59 Å². The lowest BCUT2D eigenvalue weighted by Gasteiger charge is -2.18. The molecule has 0 saturated carbocycles. The Bertz CT molecular complexity index is 1190. The Labute approximate surface area is 397 Å². The molecule has 0 aromatic rings. The topological polar surface area (TPSA) is 61.8 Å². The van der Waals surface area contributed by atoms with Gasteiger partial charge in [0, 0.05) is 19.4 Å². The third-order valence-corrected chi connectivity index (χ3v) is 11.4. The van der Waals surface area contributed by atoms with Crippen LogP contribution in [0.25, 0.3) is 0 Å². The molecule has 0 fully saturated rings. The van der Waals surface area contributed by atoms with E-state index in [1.54, 1.807) is 0 Å². The smallest absolute Gasteiger partial charge is 0.306 e. The predicted octanol–water partition coefficient (Wildman–Crippen LogP) is 18.5. The molecule has 0 aliphatic heterocycles. The van der Waals surface area contributed by atoms with E-state index in [2.05, 4.69) is 106 Å². The molecule has 0 rings (SSSR count). The average molecular weight is 891 g/mol. The first-order valence-electron chi connectivity index (χ1n) is 27.1. The minimum atomic E-state index is -0.569. The summed E-state index contributed by atoms with van der Waals surface area (Å²) in [6.07, 6.45) is 71.7. The summed E-state index contributed by atoms with van der Waals surface area (Å²) in [5, 5.41) is 0. The molecule has 0 radical (unpaired) electrons. The zero-order valence-electron chi connectivity index (χ0n) is 42.3. The molecule has 0 amide bonds. The molecule has 64 heavy (non-hydrogen) atoms. The summed E-state index contributed by atoms with van der Waals surface area (Å²) < 4.78 is 17.4. The highest BCUT2D eigenvalue weighted by atomic mass is 16.6. The van der Waals surface area contributed by atoms with E-state index in [0.29, 0.717) is 19.4 Å². The van der Waals surface area contributed by atoms with Crippen molar-refractivity contribution in [2.45, 2.75) is 258 Å². The third kappa shape index (κ3) is 51.7. The molecule has 0 aliphatic rings. The summed E-state index contributed by atoms with van der Waals surface area (Å²) >= 11 is 0. The van der Waals surface area contributed by atoms with Crippen LogP contribution in [0.5, 0.6) is 0 Å². The number of rotatable bonds is 49. The second-order valence-electron chi connectivity index (χ2n) is 17.8. The molecule has 1 atom stereocenters. The maximum atomic E-state index is 12.8. The normalized spacial score (nSPS) is 12.9. The van der Waals surface area contributed by atoms with Crippen molar-refractivity contribution in [3.63, 3.8) is 0 Å². The zero-order chi connectivity index (χ0) is 46.3. The van der Waals surface area contributed by atoms with Crippen LogP contribution in [0, 0.1) is 0 Å². The Morgan fingerprint density at radius 3 is 1.20 bits per heavy atom. The van der Waals surface area contributed by atoms with Gasteiger partial charge >= 0.3 is 11.9 Å². The van der Waals surface area contributed by atoms with Crippen molar-refractivity contribution in [1.82, 2.24) is 0 Å². The maximum absolute atomic E-state index is 12.8. The van der Waals surface area contributed by atoms with E-state index in [0.717, 1.165) is 89.9 Å². The number of unbranched alkanes of at least 4 members (excludes halogenated alkanes) is 24. The van der Waals surface area contributed by atoms with Crippen LogP contribution in [0.1, 0.15) is 252 Å². The summed E-state index contributed by atoms with van der Waals surface area (Å²) in [5.41, 5.74) is 0. The predicted molar refractivity (Wildman–Crippen MR) is 279 cm³/mol. The first-order chi connectivity index (χ1) is 31.6. The lowest BCUT2D eigenvalue weighted by Crippen LogP contribution is -2.30. The summed E-state index contributed by atoms with van der Waals surface area (Å²) in [7, 11) is 0. The van der Waals surface area contributed by atoms with Gasteiger partial charge < -0.3 is 14.2 Å². The fourth-order valence-electron chi connectivity index (χ4n) is 7.40. The van der Waals surface area contributed by atoms with E-state index >= 15 is 0 Å².